The lowest BCUT2D eigenvalue weighted by Crippen LogP contribution is -2.28. The van der Waals surface area contributed by atoms with E-state index in [1.54, 1.807) is 0 Å². The lowest BCUT2D eigenvalue weighted by Gasteiger charge is -2.34. The maximum atomic E-state index is 2.47. The average Bonchev–Trinajstić information content (AvgIpc) is 3.86. The van der Waals surface area contributed by atoms with E-state index in [0.29, 0.717) is 0 Å². The highest BCUT2D eigenvalue weighted by Gasteiger charge is 2.46. The average molecular weight is 803 g/mol. The molecule has 11 aromatic rings. The first-order valence-corrected chi connectivity index (χ1v) is 21.8. The highest BCUT2D eigenvalue weighted by molar-refractivity contribution is 6.11. The molecule has 10 aromatic carbocycles. The Kier molecular flexibility index (Phi) is 8.76. The first-order valence-electron chi connectivity index (χ1n) is 21.8. The van der Waals surface area contributed by atoms with Gasteiger partial charge in [0, 0.05) is 33.5 Å². The van der Waals surface area contributed by atoms with E-state index in [9.17, 15) is 0 Å². The third-order valence-electron chi connectivity index (χ3n) is 13.1. The number of anilines is 3. The van der Waals surface area contributed by atoms with Gasteiger partial charge >= 0.3 is 0 Å². The van der Waals surface area contributed by atoms with E-state index in [1.807, 2.05) is 0 Å². The van der Waals surface area contributed by atoms with Crippen molar-refractivity contribution >= 4 is 38.9 Å². The standard InChI is InChI=1S/C61H42N2/c1-5-17-43(18-6-1)44-29-35-51(36-30-44)62(49-21-9-3-10-22-49)52-37-31-45(32-38-52)46-33-39-55-56-42-48(34-40-59(56)63(60(55)41-46)50-23-11-4-12-24-50)61(47-19-7-2-8-20-47)57-27-15-13-25-53(57)54-26-14-16-28-58(54)61/h1-42H. The molecule has 0 N–H and O–H groups in total. The number of fused-ring (bicyclic) bond motifs is 6. The molecule has 0 unspecified atom stereocenters. The lowest BCUT2D eigenvalue weighted by molar-refractivity contribution is 0.770. The number of benzene rings is 10. The first kappa shape index (κ1) is 36.6. The molecule has 2 nitrogen and oxygen atoms in total. The second-order valence-electron chi connectivity index (χ2n) is 16.5. The third kappa shape index (κ3) is 5.95. The Balaban J connectivity index is 0.993. The number of hydrogen-bond donors (Lipinski definition) is 0. The van der Waals surface area contributed by atoms with Crippen molar-refractivity contribution < 1.29 is 0 Å². The van der Waals surface area contributed by atoms with E-state index in [4.69, 9.17) is 0 Å². The molecule has 296 valence electrons. The normalized spacial score (nSPS) is 12.6. The molecule has 1 heterocycles. The number of hydrogen-bond acceptors (Lipinski definition) is 1. The van der Waals surface area contributed by atoms with E-state index in [0.717, 1.165) is 22.7 Å². The predicted molar refractivity (Wildman–Crippen MR) is 264 cm³/mol. The van der Waals surface area contributed by atoms with E-state index in [-0.39, 0.29) is 0 Å². The van der Waals surface area contributed by atoms with Crippen molar-refractivity contribution in [3.05, 3.63) is 277 Å². The Labute approximate surface area is 368 Å². The molecule has 2 heteroatoms. The molecule has 63 heavy (non-hydrogen) atoms. The van der Waals surface area contributed by atoms with Crippen LogP contribution in [0, 0.1) is 0 Å². The molecule has 0 bridgehead atoms. The van der Waals surface area contributed by atoms with Crippen LogP contribution < -0.4 is 4.90 Å². The van der Waals surface area contributed by atoms with Gasteiger partial charge in [-0.3, -0.25) is 0 Å². The monoisotopic (exact) mass is 802 g/mol. The van der Waals surface area contributed by atoms with Gasteiger partial charge in [-0.15, -0.1) is 0 Å². The first-order chi connectivity index (χ1) is 31.3. The summed E-state index contributed by atoms with van der Waals surface area (Å²) in [6, 6.07) is 93.1. The maximum absolute atomic E-state index is 2.47. The van der Waals surface area contributed by atoms with Gasteiger partial charge in [-0.25, -0.2) is 0 Å². The smallest absolute Gasteiger partial charge is 0.0713 e. The molecule has 0 spiro atoms. The third-order valence-corrected chi connectivity index (χ3v) is 13.1. The number of rotatable bonds is 8. The van der Waals surface area contributed by atoms with Crippen LogP contribution in [-0.4, -0.2) is 4.57 Å². The quantitative estimate of drug-likeness (QED) is 0.149. The zero-order chi connectivity index (χ0) is 41.7. The summed E-state index contributed by atoms with van der Waals surface area (Å²) in [5.41, 5.74) is 18.9. The Morgan fingerprint density at radius 3 is 1.40 bits per heavy atom. The Bertz CT molecular complexity index is 3360. The Hall–Kier alpha value is -8.20. The largest absolute Gasteiger partial charge is 0.311 e. The van der Waals surface area contributed by atoms with Gasteiger partial charge in [0.2, 0.25) is 0 Å². The van der Waals surface area contributed by atoms with Crippen LogP contribution in [0.4, 0.5) is 17.1 Å². The summed E-state index contributed by atoms with van der Waals surface area (Å²) in [7, 11) is 0. The molecule has 1 aliphatic carbocycles. The number of para-hydroxylation sites is 2. The minimum absolute atomic E-state index is 0.469. The zero-order valence-electron chi connectivity index (χ0n) is 34.6. The van der Waals surface area contributed by atoms with Crippen molar-refractivity contribution in [2.24, 2.45) is 0 Å². The molecule has 0 fully saturated rings. The summed E-state index contributed by atoms with van der Waals surface area (Å²) in [4.78, 5) is 2.33. The molecule has 1 aromatic heterocycles. The lowest BCUT2D eigenvalue weighted by atomic mass is 9.67. The van der Waals surface area contributed by atoms with E-state index in [2.05, 4.69) is 264 Å². The summed E-state index contributed by atoms with van der Waals surface area (Å²) in [5.74, 6) is 0. The second kappa shape index (κ2) is 15.1. The maximum Gasteiger partial charge on any atom is 0.0713 e. The fourth-order valence-electron chi connectivity index (χ4n) is 10.3. The summed E-state index contributed by atoms with van der Waals surface area (Å²) >= 11 is 0. The van der Waals surface area contributed by atoms with Gasteiger partial charge in [0.25, 0.3) is 0 Å². The fraction of sp³-hybridized carbons (Fsp3) is 0.0164. The van der Waals surface area contributed by atoms with E-state index < -0.39 is 5.41 Å². The van der Waals surface area contributed by atoms with Crippen molar-refractivity contribution in [1.29, 1.82) is 0 Å². The fourth-order valence-corrected chi connectivity index (χ4v) is 10.3. The molecule has 0 aliphatic heterocycles. The van der Waals surface area contributed by atoms with Crippen LogP contribution in [0.25, 0.3) is 60.9 Å². The molecule has 1 aliphatic rings. The van der Waals surface area contributed by atoms with Crippen LogP contribution >= 0.6 is 0 Å². The summed E-state index contributed by atoms with van der Waals surface area (Å²) in [5, 5.41) is 2.47. The molecular formula is C61H42N2. The van der Waals surface area contributed by atoms with Crippen LogP contribution in [-0.2, 0) is 5.41 Å². The molecule has 12 rings (SSSR count). The van der Waals surface area contributed by atoms with Crippen LogP contribution in [0.1, 0.15) is 22.3 Å². The molecule has 0 radical (unpaired) electrons. The second-order valence-corrected chi connectivity index (χ2v) is 16.5. The van der Waals surface area contributed by atoms with Gasteiger partial charge in [-0.05, 0) is 122 Å². The predicted octanol–water partition coefficient (Wildman–Crippen LogP) is 16.0. The highest BCUT2D eigenvalue weighted by Crippen LogP contribution is 2.56. The minimum atomic E-state index is -0.469. The van der Waals surface area contributed by atoms with Crippen LogP contribution in [0.2, 0.25) is 0 Å². The van der Waals surface area contributed by atoms with Crippen molar-refractivity contribution in [3.8, 4) is 39.1 Å². The minimum Gasteiger partial charge on any atom is -0.311 e. The van der Waals surface area contributed by atoms with Crippen molar-refractivity contribution in [2.45, 2.75) is 5.41 Å². The van der Waals surface area contributed by atoms with E-state index in [1.165, 1.54) is 77.4 Å². The van der Waals surface area contributed by atoms with Gasteiger partial charge in [0.1, 0.15) is 0 Å². The van der Waals surface area contributed by atoms with Gasteiger partial charge in [-0.1, -0.05) is 188 Å². The van der Waals surface area contributed by atoms with E-state index >= 15 is 0 Å². The van der Waals surface area contributed by atoms with Crippen LogP contribution in [0.5, 0.6) is 0 Å². The van der Waals surface area contributed by atoms with Gasteiger partial charge in [-0.2, -0.15) is 0 Å². The topological polar surface area (TPSA) is 8.17 Å². The van der Waals surface area contributed by atoms with Gasteiger partial charge in [0.15, 0.2) is 0 Å². The van der Waals surface area contributed by atoms with Crippen LogP contribution in [0.3, 0.4) is 0 Å². The Morgan fingerprint density at radius 1 is 0.302 bits per heavy atom. The van der Waals surface area contributed by atoms with Gasteiger partial charge < -0.3 is 9.47 Å². The summed E-state index contributed by atoms with van der Waals surface area (Å²) in [6.45, 7) is 0. The molecule has 0 saturated carbocycles. The highest BCUT2D eigenvalue weighted by atomic mass is 15.1. The number of nitrogens with zero attached hydrogens (tertiary/aromatic N) is 2. The van der Waals surface area contributed by atoms with Crippen molar-refractivity contribution in [3.63, 3.8) is 0 Å². The molecule has 0 saturated heterocycles. The summed E-state index contributed by atoms with van der Waals surface area (Å²) < 4.78 is 2.44. The molecular weight excluding hydrogens is 761 g/mol. The number of aromatic nitrogens is 1. The molecule has 0 amide bonds. The molecule has 0 atom stereocenters. The van der Waals surface area contributed by atoms with Crippen LogP contribution in [0.15, 0.2) is 255 Å². The van der Waals surface area contributed by atoms with Gasteiger partial charge in [0.05, 0.1) is 16.4 Å². The van der Waals surface area contributed by atoms with Crippen molar-refractivity contribution in [1.82, 2.24) is 4.57 Å². The van der Waals surface area contributed by atoms with Crippen molar-refractivity contribution in [2.75, 3.05) is 4.90 Å². The Morgan fingerprint density at radius 2 is 0.778 bits per heavy atom. The summed E-state index contributed by atoms with van der Waals surface area (Å²) in [6.07, 6.45) is 0. The SMILES string of the molecule is c1ccc(-c2ccc(N(c3ccccc3)c3ccc(-c4ccc5c6cc(C7(c8ccccc8)c8ccccc8-c8ccccc87)ccc6n(-c6ccccc6)c5c4)cc3)cc2)cc1. The zero-order valence-corrected chi connectivity index (χ0v) is 34.6.